The second-order valence-electron chi connectivity index (χ2n) is 6.97. The molecule has 8 heteroatoms. The van der Waals surface area contributed by atoms with Crippen molar-refractivity contribution in [3.8, 4) is 0 Å². The molecule has 1 atom stereocenters. The van der Waals surface area contributed by atoms with Gasteiger partial charge in [-0.25, -0.2) is 4.79 Å². The number of amides is 4. The van der Waals surface area contributed by atoms with Gasteiger partial charge in [0, 0.05) is 43.5 Å². The molecule has 2 saturated heterocycles. The van der Waals surface area contributed by atoms with Gasteiger partial charge < -0.3 is 20.0 Å². The van der Waals surface area contributed by atoms with E-state index < -0.39 is 0 Å². The van der Waals surface area contributed by atoms with Gasteiger partial charge in [-0.3, -0.25) is 14.5 Å². The van der Waals surface area contributed by atoms with Gasteiger partial charge in [0.2, 0.25) is 0 Å². The number of anilines is 1. The molecule has 3 heterocycles. The SMILES string of the molecule is O=C(N[C@H]1CCCN(C(=O)c2ccco2)C1)c1cccc(N2CCNC2=O)c1. The maximum Gasteiger partial charge on any atom is 0.321 e. The molecule has 4 rings (SSSR count). The third-order valence-corrected chi connectivity index (χ3v) is 5.05. The van der Waals surface area contributed by atoms with Gasteiger partial charge in [0.1, 0.15) is 0 Å². The Morgan fingerprint density at radius 3 is 2.82 bits per heavy atom. The van der Waals surface area contributed by atoms with Gasteiger partial charge in [0.15, 0.2) is 5.76 Å². The average Bonchev–Trinajstić information content (AvgIpc) is 3.39. The largest absolute Gasteiger partial charge is 0.459 e. The first-order chi connectivity index (χ1) is 13.6. The summed E-state index contributed by atoms with van der Waals surface area (Å²) in [4.78, 5) is 40.3. The van der Waals surface area contributed by atoms with Crippen molar-refractivity contribution in [1.29, 1.82) is 0 Å². The van der Waals surface area contributed by atoms with Crippen molar-refractivity contribution in [2.45, 2.75) is 18.9 Å². The predicted octanol–water partition coefficient (Wildman–Crippen LogP) is 1.84. The lowest BCUT2D eigenvalue weighted by Crippen LogP contribution is -2.49. The quantitative estimate of drug-likeness (QED) is 0.844. The second kappa shape index (κ2) is 7.75. The van der Waals surface area contributed by atoms with Crippen LogP contribution in [0.2, 0.25) is 0 Å². The molecule has 28 heavy (non-hydrogen) atoms. The fourth-order valence-corrected chi connectivity index (χ4v) is 3.64. The molecule has 146 valence electrons. The summed E-state index contributed by atoms with van der Waals surface area (Å²) in [6, 6.07) is 10.1. The standard InChI is InChI=1S/C20H22N4O4/c25-18(14-4-1-6-16(12-14)24-10-8-21-20(24)27)22-15-5-2-9-23(13-15)19(26)17-7-3-11-28-17/h1,3-4,6-7,11-12,15H,2,5,8-10,13H2,(H,21,27)(H,22,25)/t15-/m0/s1. The number of hydrogen-bond acceptors (Lipinski definition) is 4. The number of hydrogen-bond donors (Lipinski definition) is 2. The lowest BCUT2D eigenvalue weighted by atomic mass is 10.0. The molecule has 0 aliphatic carbocycles. The van der Waals surface area contributed by atoms with Gasteiger partial charge in [-0.2, -0.15) is 0 Å². The predicted molar refractivity (Wildman–Crippen MR) is 102 cm³/mol. The number of furan rings is 1. The van der Waals surface area contributed by atoms with Crippen molar-refractivity contribution < 1.29 is 18.8 Å². The third kappa shape index (κ3) is 3.71. The Kier molecular flexibility index (Phi) is 5.01. The summed E-state index contributed by atoms with van der Waals surface area (Å²) in [5.41, 5.74) is 1.19. The molecule has 1 aromatic heterocycles. The molecular weight excluding hydrogens is 360 g/mol. The molecule has 0 bridgehead atoms. The highest BCUT2D eigenvalue weighted by Crippen LogP contribution is 2.19. The van der Waals surface area contributed by atoms with Crippen LogP contribution in [0.25, 0.3) is 0 Å². The van der Waals surface area contributed by atoms with Crippen LogP contribution in [0, 0.1) is 0 Å². The molecule has 2 fully saturated rings. The summed E-state index contributed by atoms with van der Waals surface area (Å²) >= 11 is 0. The number of benzene rings is 1. The number of carbonyl (C=O) groups excluding carboxylic acids is 3. The van der Waals surface area contributed by atoms with E-state index in [2.05, 4.69) is 10.6 Å². The summed E-state index contributed by atoms with van der Waals surface area (Å²) in [7, 11) is 0. The maximum absolute atomic E-state index is 12.7. The molecule has 4 amide bonds. The van der Waals surface area contributed by atoms with Crippen LogP contribution in [0.3, 0.4) is 0 Å². The Morgan fingerprint density at radius 1 is 1.18 bits per heavy atom. The number of piperidine rings is 1. The Bertz CT molecular complexity index is 880. The van der Waals surface area contributed by atoms with Crippen LogP contribution in [0.1, 0.15) is 33.8 Å². The van der Waals surface area contributed by atoms with Crippen molar-refractivity contribution in [3.05, 3.63) is 54.0 Å². The average molecular weight is 382 g/mol. The lowest BCUT2D eigenvalue weighted by molar-refractivity contribution is 0.0647. The molecule has 0 unspecified atom stereocenters. The zero-order valence-corrected chi connectivity index (χ0v) is 15.4. The Morgan fingerprint density at radius 2 is 2.07 bits per heavy atom. The van der Waals surface area contributed by atoms with E-state index in [0.717, 1.165) is 12.8 Å². The van der Waals surface area contributed by atoms with Crippen LogP contribution < -0.4 is 15.5 Å². The van der Waals surface area contributed by atoms with E-state index in [4.69, 9.17) is 4.42 Å². The smallest absolute Gasteiger partial charge is 0.321 e. The van der Waals surface area contributed by atoms with E-state index in [1.165, 1.54) is 6.26 Å². The highest BCUT2D eigenvalue weighted by atomic mass is 16.3. The molecular formula is C20H22N4O4. The molecule has 8 nitrogen and oxygen atoms in total. The van der Waals surface area contributed by atoms with Gasteiger partial charge in [-0.05, 0) is 43.2 Å². The fraction of sp³-hybridized carbons (Fsp3) is 0.350. The zero-order chi connectivity index (χ0) is 19.5. The van der Waals surface area contributed by atoms with Crippen molar-refractivity contribution in [2.24, 2.45) is 0 Å². The molecule has 2 aliphatic heterocycles. The number of likely N-dealkylation sites (tertiary alicyclic amines) is 1. The van der Waals surface area contributed by atoms with Crippen molar-refractivity contribution in [1.82, 2.24) is 15.5 Å². The van der Waals surface area contributed by atoms with Gasteiger partial charge in [0.05, 0.1) is 6.26 Å². The van der Waals surface area contributed by atoms with Crippen LogP contribution in [0.5, 0.6) is 0 Å². The van der Waals surface area contributed by atoms with Crippen LogP contribution in [-0.4, -0.2) is 55.0 Å². The highest BCUT2D eigenvalue weighted by Gasteiger charge is 2.27. The minimum atomic E-state index is -0.209. The van der Waals surface area contributed by atoms with Crippen molar-refractivity contribution in [2.75, 3.05) is 31.1 Å². The minimum Gasteiger partial charge on any atom is -0.459 e. The number of rotatable bonds is 4. The Balaban J connectivity index is 1.40. The first-order valence-electron chi connectivity index (χ1n) is 9.41. The molecule has 0 saturated carbocycles. The summed E-state index contributed by atoms with van der Waals surface area (Å²) in [6.07, 6.45) is 3.09. The normalized spacial score (nSPS) is 19.4. The number of urea groups is 1. The molecule has 2 aromatic rings. The third-order valence-electron chi connectivity index (χ3n) is 5.05. The Hall–Kier alpha value is -3.29. The van der Waals surface area contributed by atoms with Crippen LogP contribution in [0.4, 0.5) is 10.5 Å². The fourth-order valence-electron chi connectivity index (χ4n) is 3.64. The molecule has 0 radical (unpaired) electrons. The van der Waals surface area contributed by atoms with Gasteiger partial charge in [-0.1, -0.05) is 6.07 Å². The monoisotopic (exact) mass is 382 g/mol. The van der Waals surface area contributed by atoms with Crippen LogP contribution >= 0.6 is 0 Å². The van der Waals surface area contributed by atoms with Crippen molar-refractivity contribution >= 4 is 23.5 Å². The van der Waals surface area contributed by atoms with Gasteiger partial charge in [-0.15, -0.1) is 0 Å². The van der Waals surface area contributed by atoms with E-state index in [1.54, 1.807) is 40.1 Å². The summed E-state index contributed by atoms with van der Waals surface area (Å²) in [6.45, 7) is 2.26. The van der Waals surface area contributed by atoms with Crippen LogP contribution in [0.15, 0.2) is 47.1 Å². The van der Waals surface area contributed by atoms with E-state index in [9.17, 15) is 14.4 Å². The minimum absolute atomic E-state index is 0.126. The number of nitrogens with zero attached hydrogens (tertiary/aromatic N) is 2. The van der Waals surface area contributed by atoms with E-state index in [0.29, 0.717) is 43.2 Å². The van der Waals surface area contributed by atoms with Crippen LogP contribution in [-0.2, 0) is 0 Å². The summed E-state index contributed by atoms with van der Waals surface area (Å²) < 4.78 is 5.19. The van der Waals surface area contributed by atoms with Gasteiger partial charge >= 0.3 is 6.03 Å². The topological polar surface area (TPSA) is 94.9 Å². The summed E-state index contributed by atoms with van der Waals surface area (Å²) in [5, 5.41) is 5.76. The van der Waals surface area contributed by atoms with E-state index in [-0.39, 0.29) is 23.9 Å². The number of nitrogens with one attached hydrogen (secondary N) is 2. The van der Waals surface area contributed by atoms with Crippen molar-refractivity contribution in [3.63, 3.8) is 0 Å². The number of carbonyl (C=O) groups is 3. The maximum atomic E-state index is 12.7. The second-order valence-corrected chi connectivity index (χ2v) is 6.97. The molecule has 2 aliphatic rings. The summed E-state index contributed by atoms with van der Waals surface area (Å²) in [5.74, 6) is -0.0617. The Labute approximate surface area is 162 Å². The van der Waals surface area contributed by atoms with E-state index >= 15 is 0 Å². The van der Waals surface area contributed by atoms with Gasteiger partial charge in [0.25, 0.3) is 11.8 Å². The first kappa shape index (κ1) is 18.1. The lowest BCUT2D eigenvalue weighted by Gasteiger charge is -2.32. The first-order valence-corrected chi connectivity index (χ1v) is 9.41. The zero-order valence-electron chi connectivity index (χ0n) is 15.4. The molecule has 0 spiro atoms. The van der Waals surface area contributed by atoms with E-state index in [1.807, 2.05) is 6.07 Å². The molecule has 2 N–H and O–H groups in total. The highest BCUT2D eigenvalue weighted by molar-refractivity contribution is 5.98. The molecule has 1 aromatic carbocycles.